The third kappa shape index (κ3) is 4.52. The number of aromatic amines is 1. The van der Waals surface area contributed by atoms with Gasteiger partial charge in [-0.1, -0.05) is 41.5 Å². The average molecular weight is 441 g/mol. The van der Waals surface area contributed by atoms with E-state index in [1.54, 1.807) is 0 Å². The van der Waals surface area contributed by atoms with Gasteiger partial charge in [-0.15, -0.1) is 0 Å². The van der Waals surface area contributed by atoms with Crippen LogP contribution >= 0.6 is 0 Å². The van der Waals surface area contributed by atoms with E-state index in [0.717, 1.165) is 34.3 Å². The summed E-state index contributed by atoms with van der Waals surface area (Å²) >= 11 is 0. The quantitative estimate of drug-likeness (QED) is 0.500. The number of rotatable bonds is 4. The maximum Gasteiger partial charge on any atom is 0.275 e. The number of aromatic nitrogens is 3. The number of morpholine rings is 1. The second-order valence-corrected chi connectivity index (χ2v) is 8.94. The highest BCUT2D eigenvalue weighted by Gasteiger charge is 2.29. The molecule has 1 amide bonds. The Morgan fingerprint density at radius 3 is 2.64 bits per heavy atom. The minimum atomic E-state index is -0.258. The monoisotopic (exact) mass is 440 g/mol. The lowest BCUT2D eigenvalue weighted by Crippen LogP contribution is -2.42. The van der Waals surface area contributed by atoms with Gasteiger partial charge in [0.25, 0.3) is 5.91 Å². The molecule has 2 aromatic heterocycles. The number of hydrogen-bond acceptors (Lipinski definition) is 4. The van der Waals surface area contributed by atoms with Crippen LogP contribution in [0.2, 0.25) is 0 Å². The molecule has 1 aliphatic rings. The topological polar surface area (TPSA) is 71.1 Å². The molecule has 0 radical (unpaired) electrons. The molecular weight excluding hydrogens is 412 g/mol. The van der Waals surface area contributed by atoms with Crippen molar-refractivity contribution in [2.24, 2.45) is 0 Å². The van der Waals surface area contributed by atoms with Crippen molar-refractivity contribution in [3.63, 3.8) is 0 Å². The zero-order valence-electron chi connectivity index (χ0n) is 19.3. The van der Waals surface area contributed by atoms with Gasteiger partial charge in [-0.25, -0.2) is 0 Å². The maximum atomic E-state index is 13.3. The number of benzene rings is 2. The summed E-state index contributed by atoms with van der Waals surface area (Å²) in [6.07, 6.45) is 0.580. The third-order valence-corrected chi connectivity index (χ3v) is 6.17. The van der Waals surface area contributed by atoms with Gasteiger partial charge in [0.05, 0.1) is 24.4 Å². The van der Waals surface area contributed by atoms with Crippen LogP contribution in [0.3, 0.4) is 0 Å². The van der Waals surface area contributed by atoms with Crippen molar-refractivity contribution >= 4 is 16.8 Å². The lowest BCUT2D eigenvalue weighted by molar-refractivity contribution is -0.0249. The normalized spacial score (nSPS) is 16.3. The molecule has 6 nitrogen and oxygen atoms in total. The molecular formula is C27H28N4O2. The summed E-state index contributed by atoms with van der Waals surface area (Å²) in [7, 11) is 0. The van der Waals surface area contributed by atoms with Gasteiger partial charge >= 0.3 is 0 Å². The van der Waals surface area contributed by atoms with Crippen LogP contribution < -0.4 is 0 Å². The number of H-pyrrole nitrogens is 1. The molecule has 0 spiro atoms. The number of amides is 1. The van der Waals surface area contributed by atoms with Gasteiger partial charge < -0.3 is 9.64 Å². The van der Waals surface area contributed by atoms with Crippen LogP contribution in [0.25, 0.3) is 10.9 Å². The lowest BCUT2D eigenvalue weighted by atomic mass is 10.0. The van der Waals surface area contributed by atoms with E-state index in [1.807, 2.05) is 36.9 Å². The predicted molar refractivity (Wildman–Crippen MR) is 128 cm³/mol. The summed E-state index contributed by atoms with van der Waals surface area (Å²) in [5.41, 5.74) is 7.98. The first-order valence-electron chi connectivity index (χ1n) is 11.3. The third-order valence-electron chi connectivity index (χ3n) is 6.17. The first-order chi connectivity index (χ1) is 16.0. The van der Waals surface area contributed by atoms with Gasteiger partial charge in [0, 0.05) is 17.6 Å². The van der Waals surface area contributed by atoms with Gasteiger partial charge in [0.2, 0.25) is 0 Å². The van der Waals surface area contributed by atoms with Gasteiger partial charge in [-0.2, -0.15) is 5.10 Å². The van der Waals surface area contributed by atoms with Gasteiger partial charge in [0.1, 0.15) is 6.10 Å². The van der Waals surface area contributed by atoms with Crippen LogP contribution in [-0.2, 0) is 11.2 Å². The van der Waals surface area contributed by atoms with Crippen molar-refractivity contribution in [1.82, 2.24) is 20.1 Å². The fourth-order valence-electron chi connectivity index (χ4n) is 4.43. The van der Waals surface area contributed by atoms with Gasteiger partial charge in [-0.05, 0) is 62.6 Å². The van der Waals surface area contributed by atoms with Gasteiger partial charge in [-0.3, -0.25) is 14.9 Å². The van der Waals surface area contributed by atoms with Crippen LogP contribution in [0, 0.1) is 20.8 Å². The molecule has 5 rings (SSSR count). The second-order valence-electron chi connectivity index (χ2n) is 8.94. The SMILES string of the molecule is Cc1ccc(Cc2cc(C)nc([C@H]3CN(C(=O)c4n[nH]c5ccc(C)cc45)CCO3)c2)cc1. The number of carbonyl (C=O) groups excluding carboxylic acids is 1. The number of ether oxygens (including phenoxy) is 1. The Bertz CT molecular complexity index is 1310. The van der Waals surface area contributed by atoms with E-state index in [1.165, 1.54) is 16.7 Å². The molecule has 168 valence electrons. The molecule has 4 aromatic rings. The molecule has 0 bridgehead atoms. The highest BCUT2D eigenvalue weighted by atomic mass is 16.5. The average Bonchev–Trinajstić information content (AvgIpc) is 3.23. The predicted octanol–water partition coefficient (Wildman–Crippen LogP) is 4.69. The second kappa shape index (κ2) is 8.79. The first-order valence-corrected chi connectivity index (χ1v) is 11.3. The molecule has 2 aromatic carbocycles. The van der Waals surface area contributed by atoms with Crippen molar-refractivity contribution in [3.05, 3.63) is 93.9 Å². The van der Waals surface area contributed by atoms with Gasteiger partial charge in [0.15, 0.2) is 5.69 Å². The standard InChI is InChI=1S/C27H28N4O2/c1-17-4-7-20(8-5-17)14-21-13-19(3)28-24(15-21)25-16-31(10-11-33-25)27(32)26-22-12-18(2)6-9-23(22)29-30-26/h4-9,12-13,15,25H,10-11,14,16H2,1-3H3,(H,29,30)/t25-/m1/s1. The molecule has 1 aliphatic heterocycles. The largest absolute Gasteiger partial charge is 0.368 e. The molecule has 0 aliphatic carbocycles. The summed E-state index contributed by atoms with van der Waals surface area (Å²) in [4.78, 5) is 19.9. The summed E-state index contributed by atoms with van der Waals surface area (Å²) in [6, 6.07) is 18.8. The smallest absolute Gasteiger partial charge is 0.275 e. The lowest BCUT2D eigenvalue weighted by Gasteiger charge is -2.32. The number of carbonyl (C=O) groups is 1. The van der Waals surface area contributed by atoms with E-state index in [-0.39, 0.29) is 12.0 Å². The van der Waals surface area contributed by atoms with Crippen LogP contribution in [0.15, 0.2) is 54.6 Å². The van der Waals surface area contributed by atoms with Crippen molar-refractivity contribution in [2.45, 2.75) is 33.3 Å². The van der Waals surface area contributed by atoms with Crippen LogP contribution in [0.4, 0.5) is 0 Å². The molecule has 1 saturated heterocycles. The molecule has 1 N–H and O–H groups in total. The Labute approximate surface area is 193 Å². The van der Waals surface area contributed by atoms with Crippen LogP contribution in [0.1, 0.15) is 50.2 Å². The first kappa shape index (κ1) is 21.3. The maximum absolute atomic E-state index is 13.3. The van der Waals surface area contributed by atoms with E-state index in [0.29, 0.717) is 25.4 Å². The molecule has 3 heterocycles. The molecule has 1 fully saturated rings. The zero-order chi connectivity index (χ0) is 22.9. The minimum Gasteiger partial charge on any atom is -0.368 e. The summed E-state index contributed by atoms with van der Waals surface area (Å²) in [5.74, 6) is -0.0762. The Morgan fingerprint density at radius 1 is 1.03 bits per heavy atom. The number of hydrogen-bond donors (Lipinski definition) is 1. The number of fused-ring (bicyclic) bond motifs is 1. The van der Waals surface area contributed by atoms with Crippen LogP contribution in [0.5, 0.6) is 0 Å². The summed E-state index contributed by atoms with van der Waals surface area (Å²) in [6.45, 7) is 7.59. The van der Waals surface area contributed by atoms with Crippen molar-refractivity contribution in [2.75, 3.05) is 19.7 Å². The van der Waals surface area contributed by atoms with Crippen LogP contribution in [-0.4, -0.2) is 45.7 Å². The number of nitrogens with zero attached hydrogens (tertiary/aromatic N) is 3. The summed E-state index contributed by atoms with van der Waals surface area (Å²) < 4.78 is 6.06. The number of nitrogens with one attached hydrogen (secondary N) is 1. The minimum absolute atomic E-state index is 0.0762. The number of pyridine rings is 1. The highest BCUT2D eigenvalue weighted by molar-refractivity contribution is 6.04. The highest BCUT2D eigenvalue weighted by Crippen LogP contribution is 2.26. The molecule has 1 atom stereocenters. The Kier molecular flexibility index (Phi) is 5.68. The molecule has 0 saturated carbocycles. The molecule has 0 unspecified atom stereocenters. The Morgan fingerprint density at radius 2 is 1.82 bits per heavy atom. The van der Waals surface area contributed by atoms with E-state index < -0.39 is 0 Å². The van der Waals surface area contributed by atoms with E-state index in [2.05, 4.69) is 53.5 Å². The molecule has 33 heavy (non-hydrogen) atoms. The van der Waals surface area contributed by atoms with E-state index in [9.17, 15) is 4.79 Å². The van der Waals surface area contributed by atoms with Crippen molar-refractivity contribution in [3.8, 4) is 0 Å². The summed E-state index contributed by atoms with van der Waals surface area (Å²) in [5, 5.41) is 8.16. The van der Waals surface area contributed by atoms with Crippen molar-refractivity contribution in [1.29, 1.82) is 0 Å². The fourth-order valence-corrected chi connectivity index (χ4v) is 4.43. The molecule has 6 heteroatoms. The zero-order valence-corrected chi connectivity index (χ0v) is 19.3. The van der Waals surface area contributed by atoms with E-state index >= 15 is 0 Å². The Hall–Kier alpha value is -3.51. The number of aryl methyl sites for hydroxylation is 3. The van der Waals surface area contributed by atoms with E-state index in [4.69, 9.17) is 9.72 Å². The Balaban J connectivity index is 1.37. The fraction of sp³-hybridized carbons (Fsp3) is 0.296. The van der Waals surface area contributed by atoms with Crippen molar-refractivity contribution < 1.29 is 9.53 Å².